The third-order valence-corrected chi connectivity index (χ3v) is 5.26. The summed E-state index contributed by atoms with van der Waals surface area (Å²) in [6.45, 7) is 0. The Kier molecular flexibility index (Phi) is 5.58. The highest BCUT2D eigenvalue weighted by atomic mass is 32.2. The van der Waals surface area contributed by atoms with Crippen molar-refractivity contribution >= 4 is 34.7 Å². The molecule has 2 aromatic rings. The van der Waals surface area contributed by atoms with E-state index in [-0.39, 0.29) is 5.82 Å². The zero-order valence-corrected chi connectivity index (χ0v) is 14.5. The number of hydrogen-bond donors (Lipinski definition) is 5. The summed E-state index contributed by atoms with van der Waals surface area (Å²) < 4.78 is 7.29. The number of nitrogens with two attached hydrogens (primary N) is 2. The van der Waals surface area contributed by atoms with Gasteiger partial charge in [-0.2, -0.15) is 11.8 Å². The smallest absolute Gasteiger partial charge is 0.320 e. The van der Waals surface area contributed by atoms with Gasteiger partial charge in [0.25, 0.3) is 0 Å². The van der Waals surface area contributed by atoms with Gasteiger partial charge in [-0.05, 0) is 12.2 Å². The molecule has 0 radical (unpaired) electrons. The normalized spacial score (nSPS) is 27.0. The Hall–Kier alpha value is -1.99. The lowest BCUT2D eigenvalue weighted by atomic mass is 10.1. The summed E-state index contributed by atoms with van der Waals surface area (Å²) in [6.07, 6.45) is -0.747. The minimum Gasteiger partial charge on any atom is -0.480 e. The van der Waals surface area contributed by atoms with Crippen LogP contribution in [0.2, 0.25) is 0 Å². The maximum Gasteiger partial charge on any atom is 0.320 e. The molecule has 26 heavy (non-hydrogen) atoms. The summed E-state index contributed by atoms with van der Waals surface area (Å²) in [5.74, 6) is 0.0405. The molecule has 7 N–H and O–H groups in total. The van der Waals surface area contributed by atoms with Crippen LogP contribution in [0.3, 0.4) is 0 Å². The number of aromatic nitrogens is 4. The van der Waals surface area contributed by atoms with Crippen LogP contribution >= 0.6 is 11.8 Å². The van der Waals surface area contributed by atoms with Gasteiger partial charge in [0, 0.05) is 5.75 Å². The van der Waals surface area contributed by atoms with Crippen molar-refractivity contribution < 1.29 is 24.9 Å². The van der Waals surface area contributed by atoms with Crippen molar-refractivity contribution in [3.05, 3.63) is 12.7 Å². The average Bonchev–Trinajstić information content (AvgIpc) is 3.15. The van der Waals surface area contributed by atoms with Gasteiger partial charge in [0.15, 0.2) is 17.7 Å². The van der Waals surface area contributed by atoms with Crippen molar-refractivity contribution in [3.8, 4) is 0 Å². The van der Waals surface area contributed by atoms with Gasteiger partial charge in [-0.1, -0.05) is 0 Å². The van der Waals surface area contributed by atoms with Crippen molar-refractivity contribution in [2.75, 3.05) is 17.2 Å². The van der Waals surface area contributed by atoms with Crippen LogP contribution in [0.1, 0.15) is 12.6 Å². The number of carbonyl (C=O) groups is 1. The molecule has 11 nitrogen and oxygen atoms in total. The Balaban J connectivity index is 1.64. The number of carboxylic acid groups (broad SMARTS) is 1. The van der Waals surface area contributed by atoms with E-state index in [4.69, 9.17) is 21.3 Å². The van der Waals surface area contributed by atoms with Gasteiger partial charge in [0.1, 0.15) is 30.1 Å². The molecule has 0 saturated carbocycles. The molecule has 0 unspecified atom stereocenters. The summed E-state index contributed by atoms with van der Waals surface area (Å²) in [4.78, 5) is 22.8. The monoisotopic (exact) mass is 384 g/mol. The number of hydrogen-bond acceptors (Lipinski definition) is 10. The molecule has 142 valence electrons. The van der Waals surface area contributed by atoms with Crippen molar-refractivity contribution in [3.63, 3.8) is 0 Å². The third-order valence-electron chi connectivity index (χ3n) is 4.17. The zero-order valence-electron chi connectivity index (χ0n) is 13.7. The highest BCUT2D eigenvalue weighted by Crippen LogP contribution is 2.33. The van der Waals surface area contributed by atoms with Crippen molar-refractivity contribution in [2.24, 2.45) is 5.73 Å². The molecule has 2 aromatic heterocycles. The fraction of sp³-hybridized carbons (Fsp3) is 0.571. The second kappa shape index (κ2) is 7.72. The summed E-state index contributed by atoms with van der Waals surface area (Å²) in [5.41, 5.74) is 12.0. The molecule has 1 fully saturated rings. The van der Waals surface area contributed by atoms with E-state index in [1.54, 1.807) is 0 Å². The highest BCUT2D eigenvalue weighted by molar-refractivity contribution is 7.99. The second-order valence-corrected chi connectivity index (χ2v) is 7.09. The van der Waals surface area contributed by atoms with Crippen LogP contribution in [0.5, 0.6) is 0 Å². The standard InChI is InChI=1S/C14H20N6O5S/c15-6(14(23)24)1-2-26-3-7-9(21)10(22)13(25-7)20-5-19-8-11(16)17-4-18-12(8)20/h4-7,9-10,13,21-22H,1-3,15H2,(H,23,24)(H2,16,17,18)/t6-,7+,9-,10+,13+/m1/s1. The second-order valence-electron chi connectivity index (χ2n) is 5.94. The Bertz CT molecular complexity index is 788. The number of fused-ring (bicyclic) bond motifs is 1. The maximum absolute atomic E-state index is 10.7. The van der Waals surface area contributed by atoms with E-state index >= 15 is 0 Å². The van der Waals surface area contributed by atoms with E-state index in [1.807, 2.05) is 0 Å². The lowest BCUT2D eigenvalue weighted by Gasteiger charge is -2.16. The van der Waals surface area contributed by atoms with Gasteiger partial charge in [-0.3, -0.25) is 9.36 Å². The third kappa shape index (κ3) is 3.59. The predicted molar refractivity (Wildman–Crippen MR) is 93.2 cm³/mol. The van der Waals surface area contributed by atoms with Gasteiger partial charge in [-0.15, -0.1) is 0 Å². The summed E-state index contributed by atoms with van der Waals surface area (Å²) in [7, 11) is 0. The number of ether oxygens (including phenoxy) is 1. The first-order valence-corrected chi connectivity index (χ1v) is 9.06. The highest BCUT2D eigenvalue weighted by Gasteiger charge is 2.44. The van der Waals surface area contributed by atoms with Crippen LogP contribution in [-0.4, -0.2) is 76.7 Å². The summed E-state index contributed by atoms with van der Waals surface area (Å²) in [6, 6.07) is -0.919. The Morgan fingerprint density at radius 2 is 2.12 bits per heavy atom. The number of thioether (sulfide) groups is 1. The summed E-state index contributed by atoms with van der Waals surface area (Å²) in [5, 5.41) is 29.3. The van der Waals surface area contributed by atoms with Gasteiger partial charge in [-0.25, -0.2) is 15.0 Å². The maximum atomic E-state index is 10.7. The molecule has 3 rings (SSSR count). The molecule has 0 aromatic carbocycles. The van der Waals surface area contributed by atoms with Crippen molar-refractivity contribution in [1.29, 1.82) is 0 Å². The van der Waals surface area contributed by atoms with Crippen LogP contribution in [0.4, 0.5) is 5.82 Å². The van der Waals surface area contributed by atoms with Crippen LogP contribution in [0.25, 0.3) is 11.2 Å². The van der Waals surface area contributed by atoms with Crippen LogP contribution in [0, 0.1) is 0 Å². The number of anilines is 1. The summed E-state index contributed by atoms with van der Waals surface area (Å²) >= 11 is 1.40. The van der Waals surface area contributed by atoms with Crippen molar-refractivity contribution in [1.82, 2.24) is 19.5 Å². The molecule has 3 heterocycles. The molecular formula is C14H20N6O5S. The minimum atomic E-state index is -1.17. The molecule has 0 amide bonds. The number of rotatable bonds is 7. The lowest BCUT2D eigenvalue weighted by Crippen LogP contribution is -2.33. The topological polar surface area (TPSA) is 183 Å². The van der Waals surface area contributed by atoms with E-state index in [0.29, 0.717) is 29.1 Å². The molecule has 1 saturated heterocycles. The molecular weight excluding hydrogens is 364 g/mol. The Labute approximate surface area is 152 Å². The number of aliphatic hydroxyl groups is 2. The van der Waals surface area contributed by atoms with Crippen LogP contribution in [0.15, 0.2) is 12.7 Å². The number of carboxylic acids is 1. The van der Waals surface area contributed by atoms with E-state index in [2.05, 4.69) is 15.0 Å². The number of aliphatic carboxylic acids is 1. The average molecular weight is 384 g/mol. The van der Waals surface area contributed by atoms with Gasteiger partial charge in [0.2, 0.25) is 0 Å². The molecule has 0 spiro atoms. The van der Waals surface area contributed by atoms with Gasteiger partial charge >= 0.3 is 5.97 Å². The predicted octanol–water partition coefficient (Wildman–Crippen LogP) is -1.44. The zero-order chi connectivity index (χ0) is 18.8. The largest absolute Gasteiger partial charge is 0.480 e. The Morgan fingerprint density at radius 1 is 1.35 bits per heavy atom. The molecule has 12 heteroatoms. The van der Waals surface area contributed by atoms with Gasteiger partial charge < -0.3 is 31.5 Å². The first-order chi connectivity index (χ1) is 12.4. The molecule has 0 aliphatic carbocycles. The molecule has 1 aliphatic heterocycles. The molecule has 0 bridgehead atoms. The number of nitrogen functional groups attached to an aromatic ring is 1. The molecule has 5 atom stereocenters. The van der Waals surface area contributed by atoms with Crippen LogP contribution < -0.4 is 11.5 Å². The van der Waals surface area contributed by atoms with Crippen molar-refractivity contribution in [2.45, 2.75) is 37.0 Å². The first-order valence-electron chi connectivity index (χ1n) is 7.91. The Morgan fingerprint density at radius 3 is 2.85 bits per heavy atom. The first kappa shape index (κ1) is 18.8. The van der Waals surface area contributed by atoms with E-state index in [1.165, 1.54) is 29.0 Å². The van der Waals surface area contributed by atoms with E-state index in [0.717, 1.165) is 0 Å². The number of imidazole rings is 1. The van der Waals surface area contributed by atoms with Crippen LogP contribution in [-0.2, 0) is 9.53 Å². The quantitative estimate of drug-likeness (QED) is 0.352. The minimum absolute atomic E-state index is 0.212. The fourth-order valence-corrected chi connectivity index (χ4v) is 3.78. The SMILES string of the molecule is Nc1ncnc2c1ncn2[C@H]1O[C@@H](CSCC[C@@H](N)C(=O)O)[C@@H](O)[C@@H]1O. The van der Waals surface area contributed by atoms with E-state index in [9.17, 15) is 15.0 Å². The lowest BCUT2D eigenvalue weighted by molar-refractivity contribution is -0.138. The van der Waals surface area contributed by atoms with Gasteiger partial charge in [0.05, 0.1) is 12.4 Å². The number of aliphatic hydroxyl groups excluding tert-OH is 2. The molecule has 1 aliphatic rings. The van der Waals surface area contributed by atoms with E-state index < -0.39 is 36.6 Å². The number of nitrogens with zero attached hydrogens (tertiary/aromatic N) is 4. The fourth-order valence-electron chi connectivity index (χ4n) is 2.69.